The van der Waals surface area contributed by atoms with Crippen molar-refractivity contribution < 1.29 is 0 Å². The lowest BCUT2D eigenvalue weighted by Crippen LogP contribution is -2.09. The smallest absolute Gasteiger partial charge is 0.0248 e. The van der Waals surface area contributed by atoms with E-state index in [1.807, 2.05) is 13.8 Å². The average molecular weight is 156 g/mol. The third-order valence-corrected chi connectivity index (χ3v) is 3.32. The van der Waals surface area contributed by atoms with E-state index in [0.29, 0.717) is 0 Å². The Labute approximate surface area is 72.4 Å². The molecular weight excluding hydrogens is 132 g/mol. The summed E-state index contributed by atoms with van der Waals surface area (Å²) in [5.41, 5.74) is 0.750. The molecule has 0 N–H and O–H groups in total. The molecule has 0 heterocycles. The molecule has 1 aliphatic rings. The lowest BCUT2D eigenvalue weighted by Gasteiger charge is -2.17. The fourth-order valence-electron chi connectivity index (χ4n) is 2.22. The van der Waals surface area contributed by atoms with E-state index in [-0.39, 0.29) is 0 Å². The predicted octanol–water partition coefficient (Wildman–Crippen LogP) is 4.10. The minimum atomic E-state index is 0.750. The summed E-state index contributed by atoms with van der Waals surface area (Å²) in [5, 5.41) is 0. The summed E-state index contributed by atoms with van der Waals surface area (Å²) in [5.74, 6) is 1.90. The predicted molar refractivity (Wildman–Crippen MR) is 52.7 cm³/mol. The van der Waals surface area contributed by atoms with Crippen LogP contribution in [0.5, 0.6) is 0 Å². The Morgan fingerprint density at radius 3 is 1.73 bits per heavy atom. The molecule has 0 aromatic rings. The largest absolute Gasteiger partial charge is 0.0683 e. The molecule has 1 saturated carbocycles. The van der Waals surface area contributed by atoms with Crippen molar-refractivity contribution >= 4 is 0 Å². The summed E-state index contributed by atoms with van der Waals surface area (Å²) < 4.78 is 0. The maximum atomic E-state index is 2.38. The van der Waals surface area contributed by atoms with Gasteiger partial charge in [0.2, 0.25) is 0 Å². The summed E-state index contributed by atoms with van der Waals surface area (Å²) in [6.45, 7) is 13.4. The van der Waals surface area contributed by atoms with E-state index >= 15 is 0 Å². The van der Waals surface area contributed by atoms with Crippen LogP contribution in [0, 0.1) is 17.3 Å². The second-order valence-electron chi connectivity index (χ2n) is 3.85. The minimum absolute atomic E-state index is 0.750. The van der Waals surface area contributed by atoms with Gasteiger partial charge in [-0.1, -0.05) is 41.5 Å². The van der Waals surface area contributed by atoms with Crippen molar-refractivity contribution in [2.75, 3.05) is 0 Å². The van der Waals surface area contributed by atoms with Crippen LogP contribution in [0.2, 0.25) is 0 Å². The zero-order valence-corrected chi connectivity index (χ0v) is 9.07. The van der Waals surface area contributed by atoms with Crippen LogP contribution in [-0.4, -0.2) is 0 Å². The lowest BCUT2D eigenvalue weighted by atomic mass is 9.88. The third kappa shape index (κ3) is 1.98. The monoisotopic (exact) mass is 156 g/mol. The molecule has 68 valence electrons. The second-order valence-corrected chi connectivity index (χ2v) is 3.85. The normalized spacial score (nSPS) is 34.6. The van der Waals surface area contributed by atoms with Crippen LogP contribution in [0.4, 0.5) is 0 Å². The number of hydrogen-bond acceptors (Lipinski definition) is 0. The van der Waals surface area contributed by atoms with Crippen LogP contribution in [0.3, 0.4) is 0 Å². The summed E-state index contributed by atoms with van der Waals surface area (Å²) in [6.07, 6.45) is 2.85. The van der Waals surface area contributed by atoms with Gasteiger partial charge >= 0.3 is 0 Å². The van der Waals surface area contributed by atoms with Crippen molar-refractivity contribution in [1.29, 1.82) is 0 Å². The Kier molecular flexibility index (Phi) is 4.13. The molecule has 0 bridgehead atoms. The Bertz CT molecular complexity index is 101. The zero-order chi connectivity index (χ0) is 9.07. The molecule has 0 nitrogen and oxygen atoms in total. The van der Waals surface area contributed by atoms with Gasteiger partial charge in [0.05, 0.1) is 0 Å². The summed E-state index contributed by atoms with van der Waals surface area (Å²) >= 11 is 0. The highest BCUT2D eigenvalue weighted by atomic mass is 14.6. The number of rotatable bonds is 2. The molecule has 0 aromatic heterocycles. The van der Waals surface area contributed by atoms with E-state index in [2.05, 4.69) is 27.7 Å². The molecule has 2 atom stereocenters. The maximum absolute atomic E-state index is 2.38. The Balaban J connectivity index is 0.000000461. The van der Waals surface area contributed by atoms with E-state index in [1.165, 1.54) is 12.8 Å². The molecule has 0 aliphatic heterocycles. The summed E-state index contributed by atoms with van der Waals surface area (Å²) in [7, 11) is 0. The van der Waals surface area contributed by atoms with Crippen molar-refractivity contribution in [3.63, 3.8) is 0 Å². The van der Waals surface area contributed by atoms with Crippen LogP contribution < -0.4 is 0 Å². The fourth-order valence-corrected chi connectivity index (χ4v) is 2.22. The van der Waals surface area contributed by atoms with Gasteiger partial charge in [0.25, 0.3) is 0 Å². The molecule has 0 saturated heterocycles. The van der Waals surface area contributed by atoms with Crippen molar-refractivity contribution in [2.24, 2.45) is 17.3 Å². The van der Waals surface area contributed by atoms with Crippen LogP contribution in [0.25, 0.3) is 0 Å². The van der Waals surface area contributed by atoms with Gasteiger partial charge in [-0.3, -0.25) is 0 Å². The van der Waals surface area contributed by atoms with Gasteiger partial charge in [-0.2, -0.15) is 0 Å². The van der Waals surface area contributed by atoms with Gasteiger partial charge in [0, 0.05) is 0 Å². The molecule has 0 radical (unpaired) electrons. The maximum Gasteiger partial charge on any atom is -0.0248 e. The number of hydrogen-bond donors (Lipinski definition) is 0. The van der Waals surface area contributed by atoms with E-state index in [1.54, 1.807) is 0 Å². The van der Waals surface area contributed by atoms with Crippen LogP contribution >= 0.6 is 0 Å². The van der Waals surface area contributed by atoms with Crippen LogP contribution in [0.1, 0.15) is 54.4 Å². The molecule has 1 fully saturated rings. The van der Waals surface area contributed by atoms with E-state index < -0.39 is 0 Å². The molecule has 11 heavy (non-hydrogen) atoms. The Hall–Kier alpha value is 0. The Morgan fingerprint density at radius 1 is 1.36 bits per heavy atom. The molecule has 0 aromatic carbocycles. The Morgan fingerprint density at radius 2 is 1.73 bits per heavy atom. The van der Waals surface area contributed by atoms with Gasteiger partial charge < -0.3 is 0 Å². The second kappa shape index (κ2) is 4.13. The van der Waals surface area contributed by atoms with Gasteiger partial charge in [-0.25, -0.2) is 0 Å². The first kappa shape index (κ1) is 11.0. The topological polar surface area (TPSA) is 0 Å². The first-order valence-corrected chi connectivity index (χ1v) is 5.13. The average Bonchev–Trinajstić information content (AvgIpc) is 2.67. The molecule has 2 unspecified atom stereocenters. The SMILES string of the molecule is CC.CCC1(C(C)C)CC1C. The highest BCUT2D eigenvalue weighted by Gasteiger charge is 2.51. The zero-order valence-electron chi connectivity index (χ0n) is 9.07. The first-order chi connectivity index (χ1) is 5.13. The summed E-state index contributed by atoms with van der Waals surface area (Å²) in [6, 6.07) is 0. The molecular formula is C11H24. The fraction of sp³-hybridized carbons (Fsp3) is 1.00. The minimum Gasteiger partial charge on any atom is -0.0683 e. The van der Waals surface area contributed by atoms with Gasteiger partial charge in [-0.05, 0) is 30.1 Å². The van der Waals surface area contributed by atoms with Crippen molar-refractivity contribution in [2.45, 2.75) is 54.4 Å². The first-order valence-electron chi connectivity index (χ1n) is 5.13. The molecule has 1 aliphatic carbocycles. The van der Waals surface area contributed by atoms with E-state index in [9.17, 15) is 0 Å². The van der Waals surface area contributed by atoms with Crippen molar-refractivity contribution in [1.82, 2.24) is 0 Å². The highest BCUT2D eigenvalue weighted by Crippen LogP contribution is 2.59. The van der Waals surface area contributed by atoms with Crippen LogP contribution in [-0.2, 0) is 0 Å². The molecule has 0 spiro atoms. The van der Waals surface area contributed by atoms with Gasteiger partial charge in [0.1, 0.15) is 0 Å². The van der Waals surface area contributed by atoms with Crippen LogP contribution in [0.15, 0.2) is 0 Å². The van der Waals surface area contributed by atoms with E-state index in [4.69, 9.17) is 0 Å². The van der Waals surface area contributed by atoms with Gasteiger partial charge in [-0.15, -0.1) is 0 Å². The van der Waals surface area contributed by atoms with Crippen molar-refractivity contribution in [3.05, 3.63) is 0 Å². The summed E-state index contributed by atoms with van der Waals surface area (Å²) in [4.78, 5) is 0. The third-order valence-electron chi connectivity index (χ3n) is 3.32. The standard InChI is InChI=1S/C9H18.C2H6/c1-5-9(7(2)3)6-8(9)4;1-2/h7-8H,5-6H2,1-4H3;1-2H3. The molecule has 1 rings (SSSR count). The van der Waals surface area contributed by atoms with Crippen molar-refractivity contribution in [3.8, 4) is 0 Å². The quantitative estimate of drug-likeness (QED) is 0.564. The lowest BCUT2D eigenvalue weighted by molar-refractivity contribution is 0.319. The molecule has 0 heteroatoms. The van der Waals surface area contributed by atoms with Gasteiger partial charge in [0.15, 0.2) is 0 Å². The van der Waals surface area contributed by atoms with E-state index in [0.717, 1.165) is 17.3 Å². The highest BCUT2D eigenvalue weighted by molar-refractivity contribution is 5.00. The molecule has 0 amide bonds.